The third-order valence-corrected chi connectivity index (χ3v) is 7.03. The number of esters is 1. The minimum atomic E-state index is -0.651. The fourth-order valence-corrected chi connectivity index (χ4v) is 4.85. The van der Waals surface area contributed by atoms with Crippen LogP contribution in [0.4, 0.5) is 0 Å². The fourth-order valence-electron chi connectivity index (χ4n) is 4.85. The van der Waals surface area contributed by atoms with Gasteiger partial charge in [0.25, 0.3) is 0 Å². The number of hydrogen-bond acceptors (Lipinski definition) is 7. The molecule has 3 heterocycles. The Balaban J connectivity index is 1.49. The highest BCUT2D eigenvalue weighted by molar-refractivity contribution is 5.87. The zero-order valence-electron chi connectivity index (χ0n) is 21.6. The number of epoxide rings is 1. The Morgan fingerprint density at radius 2 is 1.97 bits per heavy atom. The van der Waals surface area contributed by atoms with Crippen molar-refractivity contribution in [2.75, 3.05) is 13.7 Å². The van der Waals surface area contributed by atoms with Gasteiger partial charge in [0.2, 0.25) is 5.91 Å². The van der Waals surface area contributed by atoms with Crippen molar-refractivity contribution in [1.29, 1.82) is 0 Å². The van der Waals surface area contributed by atoms with Gasteiger partial charge in [-0.1, -0.05) is 36.8 Å². The highest BCUT2D eigenvalue weighted by Gasteiger charge is 2.51. The SMILES string of the molecule is COC(=O)C[C@@H]1C[C@@]2(CO2)C[C@@H](/C=C/C(C)=C/C[C@@H]2O[C@H](C)[C@H](NC(=O)/C=C\[C@H](C)O)C[C@@H]2C)O1. The molecule has 1 amide bonds. The molecule has 3 rings (SSSR count). The summed E-state index contributed by atoms with van der Waals surface area (Å²) in [5, 5.41) is 12.3. The first kappa shape index (κ1) is 27.6. The fraction of sp³-hybridized carbons (Fsp3) is 0.704. The van der Waals surface area contributed by atoms with Gasteiger partial charge in [0, 0.05) is 18.9 Å². The van der Waals surface area contributed by atoms with Gasteiger partial charge < -0.3 is 29.4 Å². The molecule has 8 nitrogen and oxygen atoms in total. The van der Waals surface area contributed by atoms with E-state index in [1.165, 1.54) is 19.3 Å². The number of aliphatic hydroxyl groups is 1. The van der Waals surface area contributed by atoms with Gasteiger partial charge in [-0.3, -0.25) is 9.59 Å². The van der Waals surface area contributed by atoms with E-state index < -0.39 is 6.10 Å². The molecule has 196 valence electrons. The average Bonchev–Trinajstić information content (AvgIpc) is 3.54. The predicted molar refractivity (Wildman–Crippen MR) is 132 cm³/mol. The van der Waals surface area contributed by atoms with Crippen LogP contribution in [0.2, 0.25) is 0 Å². The third-order valence-electron chi connectivity index (χ3n) is 7.03. The Labute approximate surface area is 208 Å². The number of aliphatic hydroxyl groups excluding tert-OH is 1. The first-order valence-corrected chi connectivity index (χ1v) is 12.6. The van der Waals surface area contributed by atoms with Crippen molar-refractivity contribution in [2.24, 2.45) is 5.92 Å². The molecule has 3 aliphatic heterocycles. The number of rotatable bonds is 9. The largest absolute Gasteiger partial charge is 0.469 e. The molecule has 0 saturated carbocycles. The van der Waals surface area contributed by atoms with E-state index in [0.717, 1.165) is 37.9 Å². The maximum absolute atomic E-state index is 12.1. The van der Waals surface area contributed by atoms with Crippen LogP contribution in [0, 0.1) is 5.92 Å². The van der Waals surface area contributed by atoms with Gasteiger partial charge in [0.15, 0.2) is 0 Å². The van der Waals surface area contributed by atoms with Gasteiger partial charge >= 0.3 is 5.97 Å². The van der Waals surface area contributed by atoms with Crippen molar-refractivity contribution >= 4 is 11.9 Å². The second-order valence-electron chi connectivity index (χ2n) is 10.3. The molecule has 1 spiro atoms. The summed E-state index contributed by atoms with van der Waals surface area (Å²) < 4.78 is 22.8. The summed E-state index contributed by atoms with van der Waals surface area (Å²) in [4.78, 5) is 23.8. The molecule has 3 saturated heterocycles. The van der Waals surface area contributed by atoms with Crippen molar-refractivity contribution < 1.29 is 33.6 Å². The van der Waals surface area contributed by atoms with E-state index in [-0.39, 0.29) is 60.3 Å². The average molecular weight is 492 g/mol. The Morgan fingerprint density at radius 3 is 2.63 bits per heavy atom. The Bertz CT molecular complexity index is 829. The summed E-state index contributed by atoms with van der Waals surface area (Å²) in [5.41, 5.74) is 0.972. The lowest BCUT2D eigenvalue weighted by Crippen LogP contribution is -2.50. The smallest absolute Gasteiger partial charge is 0.308 e. The number of carbonyl (C=O) groups is 2. The van der Waals surface area contributed by atoms with E-state index in [0.29, 0.717) is 0 Å². The summed E-state index contributed by atoms with van der Waals surface area (Å²) in [6.07, 6.45) is 11.6. The van der Waals surface area contributed by atoms with E-state index in [2.05, 4.69) is 37.4 Å². The van der Waals surface area contributed by atoms with Gasteiger partial charge in [-0.2, -0.15) is 0 Å². The van der Waals surface area contributed by atoms with Crippen LogP contribution in [-0.4, -0.2) is 72.9 Å². The van der Waals surface area contributed by atoms with Crippen LogP contribution in [0.5, 0.6) is 0 Å². The van der Waals surface area contributed by atoms with Gasteiger partial charge in [0.05, 0.1) is 62.3 Å². The van der Waals surface area contributed by atoms with E-state index >= 15 is 0 Å². The van der Waals surface area contributed by atoms with Gasteiger partial charge in [-0.05, 0) is 39.5 Å². The number of ether oxygens (including phenoxy) is 4. The Kier molecular flexibility index (Phi) is 9.69. The molecule has 0 aliphatic carbocycles. The second kappa shape index (κ2) is 12.3. The zero-order valence-corrected chi connectivity index (χ0v) is 21.6. The lowest BCUT2D eigenvalue weighted by atomic mass is 9.88. The molecule has 0 unspecified atom stereocenters. The molecule has 0 aromatic carbocycles. The maximum Gasteiger partial charge on any atom is 0.308 e. The molecule has 35 heavy (non-hydrogen) atoms. The molecule has 2 N–H and O–H groups in total. The molecular formula is C27H41NO7. The van der Waals surface area contributed by atoms with Gasteiger partial charge in [0.1, 0.15) is 0 Å². The monoisotopic (exact) mass is 491 g/mol. The van der Waals surface area contributed by atoms with Crippen LogP contribution in [0.1, 0.15) is 59.8 Å². The van der Waals surface area contributed by atoms with E-state index in [9.17, 15) is 14.7 Å². The quantitative estimate of drug-likeness (QED) is 0.221. The van der Waals surface area contributed by atoms with Crippen molar-refractivity contribution in [3.63, 3.8) is 0 Å². The van der Waals surface area contributed by atoms with E-state index in [4.69, 9.17) is 18.9 Å². The van der Waals surface area contributed by atoms with Crippen LogP contribution >= 0.6 is 0 Å². The minimum absolute atomic E-state index is 0.0595. The number of allylic oxidation sites excluding steroid dienone is 2. The summed E-state index contributed by atoms with van der Waals surface area (Å²) in [7, 11) is 1.39. The first-order chi connectivity index (χ1) is 16.6. The lowest BCUT2D eigenvalue weighted by Gasteiger charge is -2.39. The van der Waals surface area contributed by atoms with Crippen LogP contribution in [0.25, 0.3) is 0 Å². The first-order valence-electron chi connectivity index (χ1n) is 12.6. The third kappa shape index (κ3) is 8.56. The van der Waals surface area contributed by atoms with Crippen molar-refractivity contribution in [2.45, 2.75) is 102 Å². The Morgan fingerprint density at radius 1 is 1.23 bits per heavy atom. The molecule has 8 atom stereocenters. The zero-order chi connectivity index (χ0) is 25.6. The number of amides is 1. The predicted octanol–water partition coefficient (Wildman–Crippen LogP) is 2.99. The normalized spacial score (nSPS) is 36.5. The molecule has 0 aromatic heterocycles. The number of nitrogens with one attached hydrogen (secondary N) is 1. The highest BCUT2D eigenvalue weighted by Crippen LogP contribution is 2.43. The van der Waals surface area contributed by atoms with Crippen molar-refractivity contribution in [3.05, 3.63) is 36.0 Å². The van der Waals surface area contributed by atoms with E-state index in [1.54, 1.807) is 6.92 Å². The lowest BCUT2D eigenvalue weighted by molar-refractivity contribution is -0.147. The molecule has 0 bridgehead atoms. The van der Waals surface area contributed by atoms with Crippen LogP contribution in [0.15, 0.2) is 36.0 Å². The highest BCUT2D eigenvalue weighted by atomic mass is 16.6. The number of methoxy groups -OCH3 is 1. The summed E-state index contributed by atoms with van der Waals surface area (Å²) in [6.45, 7) is 8.52. The van der Waals surface area contributed by atoms with Crippen molar-refractivity contribution in [3.8, 4) is 0 Å². The standard InChI is InChI=1S/C27H41NO7/c1-17(6-9-21-14-27(16-33-27)15-22(35-21)13-26(31)32-5)7-10-24-18(2)12-23(20(4)34-24)28-25(30)11-8-19(3)29/h6-9,11,18-24,29H,10,12-16H2,1-5H3,(H,28,30)/b9-6+,11-8-,17-7+/t18-,19-,20+,21+,22+,23+,24-,27+/m0/s1. The molecule has 0 radical (unpaired) electrons. The molecule has 3 fully saturated rings. The minimum Gasteiger partial charge on any atom is -0.469 e. The summed E-state index contributed by atoms with van der Waals surface area (Å²) in [6, 6.07) is -0.0595. The van der Waals surface area contributed by atoms with Crippen LogP contribution in [0.3, 0.4) is 0 Å². The summed E-state index contributed by atoms with van der Waals surface area (Å²) >= 11 is 0. The maximum atomic E-state index is 12.1. The molecule has 0 aromatic rings. The van der Waals surface area contributed by atoms with E-state index in [1.807, 2.05) is 6.92 Å². The van der Waals surface area contributed by atoms with Crippen LogP contribution < -0.4 is 5.32 Å². The second-order valence-corrected chi connectivity index (χ2v) is 10.3. The number of hydrogen-bond donors (Lipinski definition) is 2. The molecular weight excluding hydrogens is 450 g/mol. The molecule has 8 heteroatoms. The summed E-state index contributed by atoms with van der Waals surface area (Å²) in [5.74, 6) is -0.187. The topological polar surface area (TPSA) is 107 Å². The Hall–Kier alpha value is -2.00. The molecule has 3 aliphatic rings. The van der Waals surface area contributed by atoms with Gasteiger partial charge in [-0.25, -0.2) is 0 Å². The van der Waals surface area contributed by atoms with Gasteiger partial charge in [-0.15, -0.1) is 0 Å². The van der Waals surface area contributed by atoms with Crippen LogP contribution in [-0.2, 0) is 28.5 Å². The van der Waals surface area contributed by atoms with Crippen molar-refractivity contribution in [1.82, 2.24) is 5.32 Å². The number of carbonyl (C=O) groups excluding carboxylic acids is 2.